The maximum absolute atomic E-state index is 13.1. The highest BCUT2D eigenvalue weighted by Crippen LogP contribution is 2.41. The van der Waals surface area contributed by atoms with Crippen molar-refractivity contribution in [2.45, 2.75) is 37.6 Å². The molecule has 11 heteroatoms. The number of hydrogen-bond donors (Lipinski definition) is 1. The minimum atomic E-state index is -2.61. The first-order valence-corrected chi connectivity index (χ1v) is 8.95. The molecule has 2 unspecified atom stereocenters. The van der Waals surface area contributed by atoms with Crippen molar-refractivity contribution in [1.82, 2.24) is 39.7 Å². The van der Waals surface area contributed by atoms with Gasteiger partial charge in [-0.25, -0.2) is 18.7 Å². The van der Waals surface area contributed by atoms with Gasteiger partial charge in [-0.3, -0.25) is 0 Å². The molecule has 1 fully saturated rings. The van der Waals surface area contributed by atoms with Crippen LogP contribution >= 0.6 is 11.6 Å². The zero-order valence-corrected chi connectivity index (χ0v) is 15.0. The largest absolute Gasteiger partial charge is 0.352 e. The highest BCUT2D eigenvalue weighted by atomic mass is 35.5. The van der Waals surface area contributed by atoms with Crippen molar-refractivity contribution in [2.75, 3.05) is 0 Å². The lowest BCUT2D eigenvalue weighted by Crippen LogP contribution is -2.06. The number of pyridine rings is 1. The molecule has 140 valence electrons. The Morgan fingerprint density at radius 3 is 2.93 bits per heavy atom. The highest BCUT2D eigenvalue weighted by molar-refractivity contribution is 6.35. The Kier molecular flexibility index (Phi) is 3.64. The summed E-state index contributed by atoms with van der Waals surface area (Å²) in [5, 5.41) is 13.0. The summed E-state index contributed by atoms with van der Waals surface area (Å²) in [6.07, 6.45) is 1.78. The van der Waals surface area contributed by atoms with Gasteiger partial charge in [-0.1, -0.05) is 11.6 Å². The number of alkyl halides is 2. The number of aromatic nitrogens is 8. The molecule has 4 heterocycles. The molecule has 27 heavy (non-hydrogen) atoms. The van der Waals surface area contributed by atoms with Gasteiger partial charge in [-0.05, 0) is 30.5 Å². The molecule has 1 aliphatic rings. The van der Waals surface area contributed by atoms with Crippen LogP contribution in [0.3, 0.4) is 0 Å². The van der Waals surface area contributed by atoms with Crippen LogP contribution in [0.15, 0.2) is 12.4 Å². The molecule has 0 radical (unpaired) electrons. The molecule has 2 atom stereocenters. The van der Waals surface area contributed by atoms with E-state index in [1.807, 2.05) is 4.57 Å². The number of halogens is 3. The van der Waals surface area contributed by atoms with E-state index in [0.29, 0.717) is 22.1 Å². The lowest BCUT2D eigenvalue weighted by atomic mass is 10.1. The van der Waals surface area contributed by atoms with Crippen LogP contribution in [0.1, 0.15) is 49.2 Å². The Morgan fingerprint density at radius 1 is 1.33 bits per heavy atom. The first kappa shape index (κ1) is 16.5. The van der Waals surface area contributed by atoms with Gasteiger partial charge in [-0.2, -0.15) is 4.80 Å². The van der Waals surface area contributed by atoms with Gasteiger partial charge in [0.15, 0.2) is 11.5 Å². The van der Waals surface area contributed by atoms with E-state index < -0.39 is 6.43 Å². The van der Waals surface area contributed by atoms with Crippen molar-refractivity contribution in [1.29, 1.82) is 0 Å². The molecular weight excluding hydrogens is 378 g/mol. The van der Waals surface area contributed by atoms with Gasteiger partial charge in [0, 0.05) is 17.3 Å². The fourth-order valence-corrected chi connectivity index (χ4v) is 4.14. The lowest BCUT2D eigenvalue weighted by molar-refractivity contribution is 0.147. The van der Waals surface area contributed by atoms with Gasteiger partial charge in [0.25, 0.3) is 6.43 Å². The number of rotatable bonds is 3. The van der Waals surface area contributed by atoms with Crippen molar-refractivity contribution in [2.24, 2.45) is 7.05 Å². The number of imidazole rings is 1. The summed E-state index contributed by atoms with van der Waals surface area (Å²) in [7, 11) is 1.74. The second kappa shape index (κ2) is 5.95. The number of H-pyrrole nitrogens is 1. The first-order chi connectivity index (χ1) is 13.0. The van der Waals surface area contributed by atoms with E-state index in [1.165, 1.54) is 10.9 Å². The summed E-state index contributed by atoms with van der Waals surface area (Å²) >= 11 is 6.27. The third-order valence-corrected chi connectivity index (χ3v) is 5.48. The number of hydrogen-bond acceptors (Lipinski definition) is 5. The van der Waals surface area contributed by atoms with E-state index in [9.17, 15) is 8.78 Å². The minimum absolute atomic E-state index is 0.161. The molecule has 1 saturated carbocycles. The molecule has 0 amide bonds. The Bertz CT molecular complexity index is 1150. The van der Waals surface area contributed by atoms with Crippen LogP contribution in [0.25, 0.3) is 22.1 Å². The van der Waals surface area contributed by atoms with Crippen molar-refractivity contribution in [3.05, 3.63) is 29.1 Å². The molecule has 4 aromatic heterocycles. The molecule has 0 aromatic carbocycles. The quantitative estimate of drug-likeness (QED) is 0.538. The molecule has 8 nitrogen and oxygen atoms in total. The van der Waals surface area contributed by atoms with Gasteiger partial charge < -0.3 is 9.55 Å². The molecule has 0 bridgehead atoms. The van der Waals surface area contributed by atoms with Crippen molar-refractivity contribution in [3.8, 4) is 0 Å². The number of tetrazole rings is 1. The number of aryl methyl sites for hydroxylation is 1. The van der Waals surface area contributed by atoms with Crippen LogP contribution in [0, 0.1) is 0 Å². The predicted octanol–water partition coefficient (Wildman–Crippen LogP) is 3.54. The second-order valence-electron chi connectivity index (χ2n) is 6.84. The SMILES string of the molecule is Cn1nnc(C2CCC(n3cnc4c5[nH]c(C(F)F)cc5c(Cl)nc43)C2)n1. The molecule has 1 aliphatic carbocycles. The van der Waals surface area contributed by atoms with Crippen molar-refractivity contribution < 1.29 is 8.78 Å². The van der Waals surface area contributed by atoms with Crippen LogP contribution in [-0.4, -0.2) is 39.7 Å². The van der Waals surface area contributed by atoms with Crippen LogP contribution in [-0.2, 0) is 7.05 Å². The molecule has 1 N–H and O–H groups in total. The molecule has 0 aliphatic heterocycles. The minimum Gasteiger partial charge on any atom is -0.352 e. The number of nitrogens with one attached hydrogen (secondary N) is 1. The van der Waals surface area contributed by atoms with E-state index in [2.05, 4.69) is 30.4 Å². The van der Waals surface area contributed by atoms with E-state index in [0.717, 1.165) is 25.1 Å². The summed E-state index contributed by atoms with van der Waals surface area (Å²) in [5.74, 6) is 0.958. The summed E-state index contributed by atoms with van der Waals surface area (Å²) in [5.41, 5.74) is 1.44. The third kappa shape index (κ3) is 2.58. The second-order valence-corrected chi connectivity index (χ2v) is 7.20. The zero-order valence-electron chi connectivity index (χ0n) is 14.3. The van der Waals surface area contributed by atoms with Gasteiger partial charge in [0.2, 0.25) is 0 Å². The fourth-order valence-electron chi connectivity index (χ4n) is 3.91. The smallest absolute Gasteiger partial charge is 0.278 e. The summed E-state index contributed by atoms with van der Waals surface area (Å²) in [4.78, 5) is 13.1. The van der Waals surface area contributed by atoms with Gasteiger partial charge in [-0.15, -0.1) is 10.2 Å². The van der Waals surface area contributed by atoms with E-state index >= 15 is 0 Å². The monoisotopic (exact) mass is 392 g/mol. The Morgan fingerprint density at radius 2 is 2.19 bits per heavy atom. The molecule has 4 aromatic rings. The predicted molar refractivity (Wildman–Crippen MR) is 93.8 cm³/mol. The van der Waals surface area contributed by atoms with Crippen LogP contribution < -0.4 is 0 Å². The van der Waals surface area contributed by atoms with Gasteiger partial charge in [0.1, 0.15) is 10.7 Å². The zero-order chi connectivity index (χ0) is 18.7. The number of fused-ring (bicyclic) bond motifs is 3. The topological polar surface area (TPSA) is 90.1 Å². The maximum atomic E-state index is 13.1. The lowest BCUT2D eigenvalue weighted by Gasteiger charge is -2.12. The average Bonchev–Trinajstić information content (AvgIpc) is 3.39. The van der Waals surface area contributed by atoms with E-state index in [1.54, 1.807) is 13.4 Å². The number of nitrogens with zero attached hydrogens (tertiary/aromatic N) is 7. The Balaban J connectivity index is 1.55. The van der Waals surface area contributed by atoms with E-state index in [-0.39, 0.29) is 22.8 Å². The van der Waals surface area contributed by atoms with Gasteiger partial charge >= 0.3 is 0 Å². The first-order valence-electron chi connectivity index (χ1n) is 8.58. The van der Waals surface area contributed by atoms with Crippen LogP contribution in [0.4, 0.5) is 8.78 Å². The van der Waals surface area contributed by atoms with Gasteiger partial charge in [0.05, 0.1) is 24.6 Å². The van der Waals surface area contributed by atoms with E-state index in [4.69, 9.17) is 11.6 Å². The Labute approximate surface area is 156 Å². The molecule has 0 saturated heterocycles. The average molecular weight is 393 g/mol. The normalized spacial score (nSPS) is 20.5. The van der Waals surface area contributed by atoms with Crippen LogP contribution in [0.5, 0.6) is 0 Å². The summed E-state index contributed by atoms with van der Waals surface area (Å²) in [6, 6.07) is 1.49. The Hall–Kier alpha value is -2.62. The molecule has 0 spiro atoms. The maximum Gasteiger partial charge on any atom is 0.278 e. The molecule has 5 rings (SSSR count). The standard InChI is InChI=1S/C16H15ClF2N8/c1-26-24-15(23-25-26)7-2-3-8(4-7)27-6-20-12-11-9(13(17)22-16(12)27)5-10(21-11)14(18)19/h5-8,14,21H,2-4H2,1H3. The fraction of sp³-hybridized carbons (Fsp3) is 0.438. The summed E-state index contributed by atoms with van der Waals surface area (Å²) < 4.78 is 28.1. The van der Waals surface area contributed by atoms with Crippen molar-refractivity contribution in [3.63, 3.8) is 0 Å². The number of aromatic amines is 1. The molecular formula is C16H15ClF2N8. The van der Waals surface area contributed by atoms with Crippen molar-refractivity contribution >= 4 is 33.7 Å². The van der Waals surface area contributed by atoms with Crippen LogP contribution in [0.2, 0.25) is 5.15 Å². The highest BCUT2D eigenvalue weighted by Gasteiger charge is 2.31. The third-order valence-electron chi connectivity index (χ3n) is 5.19. The summed E-state index contributed by atoms with van der Waals surface area (Å²) in [6.45, 7) is 0.